The number of aromatic nitrogens is 2. The molecule has 6 nitrogen and oxygen atoms in total. The summed E-state index contributed by atoms with van der Waals surface area (Å²) in [6.07, 6.45) is 1.64. The highest BCUT2D eigenvalue weighted by Crippen LogP contribution is 2.22. The number of aliphatic imine (C=N–C) groups is 1. The lowest BCUT2D eigenvalue weighted by Gasteiger charge is -1.98. The average Bonchev–Trinajstić information content (AvgIpc) is 3.09. The van der Waals surface area contributed by atoms with Gasteiger partial charge in [0.2, 0.25) is 5.90 Å². The molecular formula is C19H14ClN3O3. The topological polar surface area (TPSA) is 65.6 Å². The van der Waals surface area contributed by atoms with Crippen LogP contribution in [0.2, 0.25) is 5.02 Å². The van der Waals surface area contributed by atoms with Gasteiger partial charge in [-0.15, -0.1) is 0 Å². The van der Waals surface area contributed by atoms with E-state index in [1.54, 1.807) is 53.6 Å². The van der Waals surface area contributed by atoms with Gasteiger partial charge >= 0.3 is 11.7 Å². The van der Waals surface area contributed by atoms with E-state index < -0.39 is 5.97 Å². The van der Waals surface area contributed by atoms with Crippen LogP contribution in [-0.2, 0) is 23.6 Å². The first-order valence-corrected chi connectivity index (χ1v) is 8.26. The standard InChI is InChI=1S/C19H14ClN3O3/c1-22-15-8-3-11(10-16(15)23(2)19(22)25)9-14-18(24)26-17(21-14)12-4-6-13(20)7-5-12/h3-10H,1-2H3/b14-9-. The van der Waals surface area contributed by atoms with Crippen molar-refractivity contribution in [2.24, 2.45) is 19.1 Å². The van der Waals surface area contributed by atoms with E-state index >= 15 is 0 Å². The summed E-state index contributed by atoms with van der Waals surface area (Å²) in [6.45, 7) is 0. The highest BCUT2D eigenvalue weighted by atomic mass is 35.5. The molecule has 2 aromatic carbocycles. The van der Waals surface area contributed by atoms with Gasteiger partial charge in [-0.1, -0.05) is 17.7 Å². The van der Waals surface area contributed by atoms with Crippen molar-refractivity contribution < 1.29 is 9.53 Å². The molecule has 26 heavy (non-hydrogen) atoms. The monoisotopic (exact) mass is 367 g/mol. The van der Waals surface area contributed by atoms with Crippen molar-refractivity contribution in [2.75, 3.05) is 0 Å². The molecule has 1 aliphatic rings. The van der Waals surface area contributed by atoms with Gasteiger partial charge < -0.3 is 4.74 Å². The molecule has 3 aromatic rings. The molecule has 1 aliphatic heterocycles. The second-order valence-corrected chi connectivity index (χ2v) is 6.43. The molecular weight excluding hydrogens is 354 g/mol. The van der Waals surface area contributed by atoms with E-state index in [-0.39, 0.29) is 17.3 Å². The first-order chi connectivity index (χ1) is 12.4. The molecule has 0 saturated carbocycles. The predicted molar refractivity (Wildman–Crippen MR) is 100 cm³/mol. The zero-order valence-corrected chi connectivity index (χ0v) is 14.8. The fourth-order valence-electron chi connectivity index (χ4n) is 2.90. The number of ether oxygens (including phenoxy) is 1. The van der Waals surface area contributed by atoms with Gasteiger partial charge in [0, 0.05) is 24.7 Å². The number of carbonyl (C=O) groups excluding carboxylic acids is 1. The number of halogens is 1. The van der Waals surface area contributed by atoms with E-state index in [1.807, 2.05) is 18.2 Å². The predicted octanol–water partition coefficient (Wildman–Crippen LogP) is 2.87. The smallest absolute Gasteiger partial charge is 0.363 e. The van der Waals surface area contributed by atoms with Crippen LogP contribution >= 0.6 is 11.6 Å². The minimum Gasteiger partial charge on any atom is -0.402 e. The van der Waals surface area contributed by atoms with E-state index in [0.29, 0.717) is 10.6 Å². The van der Waals surface area contributed by atoms with Crippen molar-refractivity contribution in [1.82, 2.24) is 9.13 Å². The highest BCUT2D eigenvalue weighted by molar-refractivity contribution is 6.30. The zero-order valence-electron chi connectivity index (χ0n) is 14.1. The molecule has 0 bridgehead atoms. The van der Waals surface area contributed by atoms with Crippen molar-refractivity contribution in [3.63, 3.8) is 0 Å². The van der Waals surface area contributed by atoms with Crippen LogP contribution in [-0.4, -0.2) is 21.0 Å². The number of esters is 1. The maximum absolute atomic E-state index is 12.1. The molecule has 130 valence electrons. The molecule has 7 heteroatoms. The summed E-state index contributed by atoms with van der Waals surface area (Å²) in [5.74, 6) is -0.275. The number of cyclic esters (lactones) is 1. The molecule has 0 N–H and O–H groups in total. The van der Waals surface area contributed by atoms with Crippen molar-refractivity contribution in [3.8, 4) is 0 Å². The summed E-state index contributed by atoms with van der Waals surface area (Å²) in [6, 6.07) is 12.4. The number of rotatable bonds is 2. The van der Waals surface area contributed by atoms with E-state index in [0.717, 1.165) is 16.6 Å². The minimum atomic E-state index is -0.517. The van der Waals surface area contributed by atoms with Crippen LogP contribution in [0.4, 0.5) is 0 Å². The summed E-state index contributed by atoms with van der Waals surface area (Å²) in [7, 11) is 3.43. The molecule has 0 saturated heterocycles. The summed E-state index contributed by atoms with van der Waals surface area (Å²) >= 11 is 5.87. The van der Waals surface area contributed by atoms with Crippen LogP contribution in [0.5, 0.6) is 0 Å². The Bertz CT molecular complexity index is 1170. The van der Waals surface area contributed by atoms with E-state index in [1.165, 1.54) is 0 Å². The lowest BCUT2D eigenvalue weighted by atomic mass is 10.1. The summed E-state index contributed by atoms with van der Waals surface area (Å²) in [4.78, 5) is 28.4. The number of hydrogen-bond donors (Lipinski definition) is 0. The number of carbonyl (C=O) groups is 1. The van der Waals surface area contributed by atoms with Crippen LogP contribution in [0.25, 0.3) is 17.1 Å². The van der Waals surface area contributed by atoms with Crippen LogP contribution in [0.3, 0.4) is 0 Å². The van der Waals surface area contributed by atoms with E-state index in [2.05, 4.69) is 4.99 Å². The number of imidazole rings is 1. The highest BCUT2D eigenvalue weighted by Gasteiger charge is 2.24. The maximum Gasteiger partial charge on any atom is 0.363 e. The number of aryl methyl sites for hydroxylation is 2. The van der Waals surface area contributed by atoms with Crippen molar-refractivity contribution in [3.05, 3.63) is 74.8 Å². The molecule has 2 heterocycles. The molecule has 0 radical (unpaired) electrons. The molecule has 0 unspecified atom stereocenters. The Balaban J connectivity index is 1.74. The summed E-state index contributed by atoms with van der Waals surface area (Å²) in [5, 5.41) is 0.594. The Hall–Kier alpha value is -3.12. The maximum atomic E-state index is 12.1. The molecule has 0 spiro atoms. The SMILES string of the molecule is Cn1c(=O)n(C)c2cc(/C=C3\N=C(c4ccc(Cl)cc4)OC3=O)ccc21. The third kappa shape index (κ3) is 2.64. The van der Waals surface area contributed by atoms with Crippen LogP contribution in [0, 0.1) is 0 Å². The number of fused-ring (bicyclic) bond motifs is 1. The lowest BCUT2D eigenvalue weighted by molar-refractivity contribution is -0.129. The fraction of sp³-hybridized carbons (Fsp3) is 0.105. The quantitative estimate of drug-likeness (QED) is 0.516. The van der Waals surface area contributed by atoms with Gasteiger partial charge in [-0.2, -0.15) is 0 Å². The normalized spacial score (nSPS) is 15.6. The van der Waals surface area contributed by atoms with E-state index in [4.69, 9.17) is 16.3 Å². The number of hydrogen-bond acceptors (Lipinski definition) is 4. The van der Waals surface area contributed by atoms with Gasteiger partial charge in [0.1, 0.15) is 0 Å². The Morgan fingerprint density at radius 3 is 2.42 bits per heavy atom. The van der Waals surface area contributed by atoms with Crippen LogP contribution < -0.4 is 5.69 Å². The Morgan fingerprint density at radius 2 is 1.69 bits per heavy atom. The van der Waals surface area contributed by atoms with Gasteiger partial charge in [-0.3, -0.25) is 9.13 Å². The van der Waals surface area contributed by atoms with Gasteiger partial charge in [0.25, 0.3) is 0 Å². The first kappa shape index (κ1) is 16.4. The van der Waals surface area contributed by atoms with Crippen LogP contribution in [0.15, 0.2) is 57.9 Å². The van der Waals surface area contributed by atoms with Crippen molar-refractivity contribution in [2.45, 2.75) is 0 Å². The Morgan fingerprint density at radius 1 is 1.00 bits per heavy atom. The second-order valence-electron chi connectivity index (χ2n) is 5.99. The van der Waals surface area contributed by atoms with Gasteiger partial charge in [0.05, 0.1) is 11.0 Å². The van der Waals surface area contributed by atoms with E-state index in [9.17, 15) is 9.59 Å². The van der Waals surface area contributed by atoms with Crippen molar-refractivity contribution >= 4 is 40.6 Å². The number of benzene rings is 2. The zero-order chi connectivity index (χ0) is 18.4. The molecule has 0 aliphatic carbocycles. The number of nitrogens with zero attached hydrogens (tertiary/aromatic N) is 3. The molecule has 1 aromatic heterocycles. The summed E-state index contributed by atoms with van der Waals surface area (Å²) < 4.78 is 8.39. The molecule has 4 rings (SSSR count). The van der Waals surface area contributed by atoms with Gasteiger partial charge in [-0.05, 0) is 48.0 Å². The average molecular weight is 368 g/mol. The van der Waals surface area contributed by atoms with Gasteiger partial charge in [0.15, 0.2) is 5.70 Å². The lowest BCUT2D eigenvalue weighted by Crippen LogP contribution is -2.19. The second kappa shape index (κ2) is 6.00. The Labute approximate surface area is 153 Å². The molecule has 0 amide bonds. The third-order valence-electron chi connectivity index (χ3n) is 4.31. The third-order valence-corrected chi connectivity index (χ3v) is 4.56. The van der Waals surface area contributed by atoms with Crippen LogP contribution in [0.1, 0.15) is 11.1 Å². The Kier molecular flexibility index (Phi) is 3.77. The van der Waals surface area contributed by atoms with Gasteiger partial charge in [-0.25, -0.2) is 14.6 Å². The minimum absolute atomic E-state index is 0.104. The van der Waals surface area contributed by atoms with Crippen molar-refractivity contribution in [1.29, 1.82) is 0 Å². The fourth-order valence-corrected chi connectivity index (χ4v) is 3.02. The molecule has 0 atom stereocenters. The molecule has 0 fully saturated rings. The summed E-state index contributed by atoms with van der Waals surface area (Å²) in [5.41, 5.74) is 3.13. The first-order valence-electron chi connectivity index (χ1n) is 7.88. The largest absolute Gasteiger partial charge is 0.402 e.